The zero-order valence-corrected chi connectivity index (χ0v) is 11.6. The second kappa shape index (κ2) is 7.37. The number of terminal acetylenes is 1. The standard InChI is InChI=1S/C11H10Cl2N2O2S/c1-2-4-18-5-3-14-11-9(12)6-8(15(16)17)7-10(11)13/h1,6-7,14H,3-5H2. The number of nitro groups is 1. The Kier molecular flexibility index (Phi) is 6.13. The average molecular weight is 305 g/mol. The first-order valence-electron chi connectivity index (χ1n) is 4.94. The van der Waals surface area contributed by atoms with Crippen LogP contribution in [0.4, 0.5) is 11.4 Å². The van der Waals surface area contributed by atoms with Crippen molar-refractivity contribution in [3.63, 3.8) is 0 Å². The first kappa shape index (κ1) is 15.0. The van der Waals surface area contributed by atoms with Crippen LogP contribution >= 0.6 is 35.0 Å². The largest absolute Gasteiger partial charge is 0.382 e. The van der Waals surface area contributed by atoms with E-state index in [0.717, 1.165) is 5.75 Å². The Morgan fingerprint density at radius 1 is 1.44 bits per heavy atom. The van der Waals surface area contributed by atoms with E-state index < -0.39 is 4.92 Å². The zero-order valence-electron chi connectivity index (χ0n) is 9.28. The number of non-ortho nitro benzene ring substituents is 1. The quantitative estimate of drug-likeness (QED) is 0.377. The number of nitro benzene ring substituents is 1. The molecule has 0 unspecified atom stereocenters. The number of benzene rings is 1. The van der Waals surface area contributed by atoms with Crippen molar-refractivity contribution in [3.8, 4) is 12.3 Å². The van der Waals surface area contributed by atoms with Gasteiger partial charge in [0.05, 0.1) is 26.4 Å². The van der Waals surface area contributed by atoms with E-state index in [1.807, 2.05) is 0 Å². The second-order valence-electron chi connectivity index (χ2n) is 3.23. The van der Waals surface area contributed by atoms with Crippen molar-refractivity contribution in [2.45, 2.75) is 0 Å². The van der Waals surface area contributed by atoms with E-state index in [2.05, 4.69) is 11.2 Å². The minimum atomic E-state index is -0.537. The summed E-state index contributed by atoms with van der Waals surface area (Å²) in [6.45, 7) is 0.629. The molecule has 7 heteroatoms. The van der Waals surface area contributed by atoms with Crippen LogP contribution in [0.15, 0.2) is 12.1 Å². The molecule has 0 radical (unpaired) electrons. The Morgan fingerprint density at radius 2 is 2.06 bits per heavy atom. The highest BCUT2D eigenvalue weighted by Crippen LogP contribution is 2.34. The van der Waals surface area contributed by atoms with E-state index in [0.29, 0.717) is 18.0 Å². The molecule has 0 aromatic heterocycles. The molecule has 0 aliphatic rings. The number of halogens is 2. The molecule has 0 aliphatic carbocycles. The zero-order chi connectivity index (χ0) is 13.5. The Hall–Kier alpha value is -1.09. The van der Waals surface area contributed by atoms with Crippen molar-refractivity contribution in [1.82, 2.24) is 0 Å². The van der Waals surface area contributed by atoms with Crippen LogP contribution in [0, 0.1) is 22.5 Å². The Balaban J connectivity index is 2.67. The molecule has 0 atom stereocenters. The van der Waals surface area contributed by atoms with Gasteiger partial charge in [0.2, 0.25) is 0 Å². The van der Waals surface area contributed by atoms with Gasteiger partial charge in [0.15, 0.2) is 0 Å². The molecule has 0 fully saturated rings. The minimum absolute atomic E-state index is 0.128. The van der Waals surface area contributed by atoms with Gasteiger partial charge in [-0.3, -0.25) is 10.1 Å². The van der Waals surface area contributed by atoms with Gasteiger partial charge in [-0.15, -0.1) is 18.2 Å². The fraction of sp³-hybridized carbons (Fsp3) is 0.273. The molecule has 0 saturated heterocycles. The van der Waals surface area contributed by atoms with E-state index in [4.69, 9.17) is 29.6 Å². The molecule has 4 nitrogen and oxygen atoms in total. The molecule has 0 bridgehead atoms. The molecule has 0 heterocycles. The Bertz CT molecular complexity index is 465. The lowest BCUT2D eigenvalue weighted by atomic mass is 10.3. The highest BCUT2D eigenvalue weighted by atomic mass is 35.5. The van der Waals surface area contributed by atoms with E-state index in [-0.39, 0.29) is 15.7 Å². The molecule has 1 N–H and O–H groups in total. The lowest BCUT2D eigenvalue weighted by Crippen LogP contribution is -2.05. The summed E-state index contributed by atoms with van der Waals surface area (Å²) in [7, 11) is 0. The third-order valence-electron chi connectivity index (χ3n) is 1.97. The van der Waals surface area contributed by atoms with Crippen molar-refractivity contribution in [2.24, 2.45) is 0 Å². The summed E-state index contributed by atoms with van der Waals surface area (Å²) in [4.78, 5) is 10.1. The monoisotopic (exact) mass is 304 g/mol. The third kappa shape index (κ3) is 4.30. The summed E-state index contributed by atoms with van der Waals surface area (Å²) in [6.07, 6.45) is 5.12. The summed E-state index contributed by atoms with van der Waals surface area (Å²) in [5.74, 6) is 3.96. The van der Waals surface area contributed by atoms with Gasteiger partial charge in [-0.25, -0.2) is 0 Å². The number of hydrogen-bond donors (Lipinski definition) is 1. The lowest BCUT2D eigenvalue weighted by molar-refractivity contribution is -0.384. The smallest absolute Gasteiger partial charge is 0.272 e. The summed E-state index contributed by atoms with van der Waals surface area (Å²) in [5, 5.41) is 14.1. The van der Waals surface area contributed by atoms with Gasteiger partial charge in [-0.2, -0.15) is 0 Å². The Morgan fingerprint density at radius 3 is 2.56 bits per heavy atom. The molecule has 0 spiro atoms. The molecule has 1 aromatic rings. The first-order valence-corrected chi connectivity index (χ1v) is 6.86. The number of anilines is 1. The van der Waals surface area contributed by atoms with Crippen molar-refractivity contribution in [2.75, 3.05) is 23.4 Å². The third-order valence-corrected chi connectivity index (χ3v) is 3.43. The van der Waals surface area contributed by atoms with Crippen LogP contribution in [0.1, 0.15) is 0 Å². The molecular formula is C11H10Cl2N2O2S. The van der Waals surface area contributed by atoms with Crippen LogP contribution in [0.3, 0.4) is 0 Å². The number of nitrogens with zero attached hydrogens (tertiary/aromatic N) is 1. The van der Waals surface area contributed by atoms with E-state index in [1.165, 1.54) is 12.1 Å². The fourth-order valence-electron chi connectivity index (χ4n) is 1.21. The van der Waals surface area contributed by atoms with Crippen LogP contribution in [-0.4, -0.2) is 23.0 Å². The maximum atomic E-state index is 10.6. The van der Waals surface area contributed by atoms with Crippen LogP contribution in [0.2, 0.25) is 10.0 Å². The topological polar surface area (TPSA) is 55.2 Å². The number of nitrogens with one attached hydrogen (secondary N) is 1. The molecular weight excluding hydrogens is 295 g/mol. The average Bonchev–Trinajstić information content (AvgIpc) is 2.31. The van der Waals surface area contributed by atoms with Gasteiger partial charge in [-0.1, -0.05) is 29.1 Å². The van der Waals surface area contributed by atoms with Crippen molar-refractivity contribution in [1.29, 1.82) is 0 Å². The van der Waals surface area contributed by atoms with Crippen LogP contribution in [0.25, 0.3) is 0 Å². The molecule has 0 aliphatic heterocycles. The van der Waals surface area contributed by atoms with Gasteiger partial charge in [0.1, 0.15) is 0 Å². The van der Waals surface area contributed by atoms with Crippen molar-refractivity contribution < 1.29 is 4.92 Å². The Labute approximate surface area is 119 Å². The molecule has 1 rings (SSSR count). The highest BCUT2D eigenvalue weighted by molar-refractivity contribution is 7.99. The summed E-state index contributed by atoms with van der Waals surface area (Å²) < 4.78 is 0. The summed E-state index contributed by atoms with van der Waals surface area (Å²) in [5.41, 5.74) is 0.377. The van der Waals surface area contributed by atoms with E-state index in [9.17, 15) is 10.1 Å². The number of hydrogen-bond acceptors (Lipinski definition) is 4. The molecule has 0 amide bonds. The van der Waals surface area contributed by atoms with Gasteiger partial charge >= 0.3 is 0 Å². The normalized spacial score (nSPS) is 9.83. The molecule has 96 valence electrons. The van der Waals surface area contributed by atoms with Crippen LogP contribution < -0.4 is 5.32 Å². The molecule has 18 heavy (non-hydrogen) atoms. The van der Waals surface area contributed by atoms with Crippen molar-refractivity contribution in [3.05, 3.63) is 32.3 Å². The fourth-order valence-corrected chi connectivity index (χ4v) is 2.33. The van der Waals surface area contributed by atoms with Gasteiger partial charge in [-0.05, 0) is 0 Å². The predicted molar refractivity (Wildman–Crippen MR) is 77.8 cm³/mol. The number of thioether (sulfide) groups is 1. The molecule has 0 saturated carbocycles. The summed E-state index contributed by atoms with van der Waals surface area (Å²) >= 11 is 13.5. The predicted octanol–water partition coefficient (Wildman–Crippen LogP) is 3.68. The van der Waals surface area contributed by atoms with Gasteiger partial charge < -0.3 is 5.32 Å². The first-order chi connectivity index (χ1) is 8.56. The maximum absolute atomic E-state index is 10.6. The van der Waals surface area contributed by atoms with Gasteiger partial charge in [0.25, 0.3) is 5.69 Å². The highest BCUT2D eigenvalue weighted by Gasteiger charge is 2.13. The van der Waals surface area contributed by atoms with Gasteiger partial charge in [0, 0.05) is 24.4 Å². The molecule has 1 aromatic carbocycles. The lowest BCUT2D eigenvalue weighted by Gasteiger charge is -2.09. The van der Waals surface area contributed by atoms with Crippen molar-refractivity contribution >= 4 is 46.3 Å². The van der Waals surface area contributed by atoms with Crippen LogP contribution in [-0.2, 0) is 0 Å². The van der Waals surface area contributed by atoms with Crippen LogP contribution in [0.5, 0.6) is 0 Å². The maximum Gasteiger partial charge on any atom is 0.272 e. The van der Waals surface area contributed by atoms with E-state index in [1.54, 1.807) is 11.8 Å². The second-order valence-corrected chi connectivity index (χ2v) is 5.14. The minimum Gasteiger partial charge on any atom is -0.382 e. The summed E-state index contributed by atoms with van der Waals surface area (Å²) in [6, 6.07) is 2.54. The van der Waals surface area contributed by atoms with E-state index >= 15 is 0 Å². The SMILES string of the molecule is C#CCSCCNc1c(Cl)cc([N+](=O)[O-])cc1Cl. The number of rotatable bonds is 6.